The molecule has 0 aliphatic heterocycles. The third kappa shape index (κ3) is 3.68. The Morgan fingerprint density at radius 2 is 1.89 bits per heavy atom. The van der Waals surface area contributed by atoms with Crippen molar-refractivity contribution < 1.29 is 14.5 Å². The van der Waals surface area contributed by atoms with Crippen molar-refractivity contribution in [3.63, 3.8) is 0 Å². The standard InChI is InChI=1S/C19H16ClN3O4/c1-12-7-6-10-15(17(12)23(25)26)19(24)27-11-16-13(2)21-22(18(16)20)14-8-4-3-5-9-14/h3-10H,11H2,1-2H3. The number of rotatable bonds is 5. The van der Waals surface area contributed by atoms with Crippen LogP contribution in [-0.4, -0.2) is 20.7 Å². The molecule has 0 saturated carbocycles. The number of benzene rings is 2. The molecule has 0 amide bonds. The van der Waals surface area contributed by atoms with Crippen LogP contribution >= 0.6 is 11.6 Å². The largest absolute Gasteiger partial charge is 0.457 e. The lowest BCUT2D eigenvalue weighted by Gasteiger charge is -2.07. The molecule has 0 saturated heterocycles. The Hall–Kier alpha value is -3.19. The molecule has 1 aromatic heterocycles. The highest BCUT2D eigenvalue weighted by molar-refractivity contribution is 6.30. The molecule has 3 aromatic rings. The van der Waals surface area contributed by atoms with Crippen molar-refractivity contribution in [2.75, 3.05) is 0 Å². The molecule has 1 heterocycles. The summed E-state index contributed by atoms with van der Waals surface area (Å²) in [6.07, 6.45) is 0. The Kier molecular flexibility index (Phi) is 5.23. The molecule has 8 heteroatoms. The first-order chi connectivity index (χ1) is 12.9. The van der Waals surface area contributed by atoms with Crippen molar-refractivity contribution in [3.05, 3.63) is 86.2 Å². The van der Waals surface area contributed by atoms with Crippen LogP contribution in [0.1, 0.15) is 27.2 Å². The second-order valence-electron chi connectivity index (χ2n) is 5.91. The molecule has 0 aliphatic carbocycles. The molecule has 3 rings (SSSR count). The van der Waals surface area contributed by atoms with Gasteiger partial charge in [0, 0.05) is 11.1 Å². The number of ether oxygens (including phenoxy) is 1. The van der Waals surface area contributed by atoms with E-state index in [1.807, 2.05) is 30.3 Å². The van der Waals surface area contributed by atoms with Gasteiger partial charge in [-0.2, -0.15) is 5.10 Å². The minimum atomic E-state index is -0.784. The van der Waals surface area contributed by atoms with E-state index in [-0.39, 0.29) is 17.9 Å². The van der Waals surface area contributed by atoms with Crippen molar-refractivity contribution in [2.45, 2.75) is 20.5 Å². The number of aromatic nitrogens is 2. The predicted molar refractivity (Wildman–Crippen MR) is 100 cm³/mol. The van der Waals surface area contributed by atoms with E-state index < -0.39 is 10.9 Å². The van der Waals surface area contributed by atoms with Crippen molar-refractivity contribution in [1.29, 1.82) is 0 Å². The number of carbonyl (C=O) groups is 1. The lowest BCUT2D eigenvalue weighted by Crippen LogP contribution is -2.09. The zero-order valence-corrected chi connectivity index (χ0v) is 15.4. The van der Waals surface area contributed by atoms with E-state index in [1.165, 1.54) is 6.07 Å². The third-order valence-corrected chi connectivity index (χ3v) is 4.50. The lowest BCUT2D eigenvalue weighted by atomic mass is 10.1. The van der Waals surface area contributed by atoms with E-state index in [9.17, 15) is 14.9 Å². The zero-order chi connectivity index (χ0) is 19.6. The van der Waals surface area contributed by atoms with Gasteiger partial charge in [-0.1, -0.05) is 41.9 Å². The highest BCUT2D eigenvalue weighted by Crippen LogP contribution is 2.27. The Labute approximate surface area is 160 Å². The van der Waals surface area contributed by atoms with Crippen LogP contribution < -0.4 is 0 Å². The molecular weight excluding hydrogens is 370 g/mol. The minimum Gasteiger partial charge on any atom is -0.457 e. The predicted octanol–water partition coefficient (Wildman–Crippen LogP) is 4.41. The van der Waals surface area contributed by atoms with Gasteiger partial charge in [0.25, 0.3) is 5.69 Å². The molecule has 0 atom stereocenters. The number of halogens is 1. The molecule has 0 radical (unpaired) electrons. The smallest absolute Gasteiger partial charge is 0.345 e. The van der Waals surface area contributed by atoms with E-state index in [1.54, 1.807) is 30.7 Å². The van der Waals surface area contributed by atoms with Gasteiger partial charge in [-0.15, -0.1) is 0 Å². The topological polar surface area (TPSA) is 87.3 Å². The quantitative estimate of drug-likeness (QED) is 0.369. The fraction of sp³-hybridized carbons (Fsp3) is 0.158. The molecule has 0 aliphatic rings. The monoisotopic (exact) mass is 385 g/mol. The molecule has 0 unspecified atom stereocenters. The summed E-state index contributed by atoms with van der Waals surface area (Å²) in [5.74, 6) is -0.784. The average Bonchev–Trinajstić information content (AvgIpc) is 2.94. The van der Waals surface area contributed by atoms with Gasteiger partial charge in [0.2, 0.25) is 0 Å². The van der Waals surface area contributed by atoms with Gasteiger partial charge in [0.15, 0.2) is 0 Å². The Morgan fingerprint density at radius 1 is 1.19 bits per heavy atom. The number of hydrogen-bond acceptors (Lipinski definition) is 5. The van der Waals surface area contributed by atoms with Crippen LogP contribution in [0.4, 0.5) is 5.69 Å². The number of para-hydroxylation sites is 2. The summed E-state index contributed by atoms with van der Waals surface area (Å²) in [4.78, 5) is 23.1. The Balaban J connectivity index is 1.84. The number of esters is 1. The maximum atomic E-state index is 12.4. The molecular formula is C19H16ClN3O4. The van der Waals surface area contributed by atoms with E-state index >= 15 is 0 Å². The van der Waals surface area contributed by atoms with E-state index in [0.29, 0.717) is 22.0 Å². The van der Waals surface area contributed by atoms with Crippen molar-refractivity contribution >= 4 is 23.3 Å². The van der Waals surface area contributed by atoms with Crippen molar-refractivity contribution in [3.8, 4) is 5.69 Å². The van der Waals surface area contributed by atoms with Gasteiger partial charge in [-0.3, -0.25) is 10.1 Å². The van der Waals surface area contributed by atoms with Gasteiger partial charge in [-0.05, 0) is 32.0 Å². The summed E-state index contributed by atoms with van der Waals surface area (Å²) >= 11 is 6.40. The summed E-state index contributed by atoms with van der Waals surface area (Å²) in [5, 5.41) is 16.0. The summed E-state index contributed by atoms with van der Waals surface area (Å²) in [7, 11) is 0. The second-order valence-corrected chi connectivity index (χ2v) is 6.26. The molecule has 0 fully saturated rings. The van der Waals surface area contributed by atoms with Crippen molar-refractivity contribution in [2.24, 2.45) is 0 Å². The number of nitrogens with zero attached hydrogens (tertiary/aromatic N) is 3. The van der Waals surface area contributed by atoms with Crippen LogP contribution in [0.15, 0.2) is 48.5 Å². The van der Waals surface area contributed by atoms with E-state index in [4.69, 9.17) is 16.3 Å². The molecule has 7 nitrogen and oxygen atoms in total. The van der Waals surface area contributed by atoms with Gasteiger partial charge in [0.05, 0.1) is 16.3 Å². The summed E-state index contributed by atoms with van der Waals surface area (Å²) in [6, 6.07) is 13.8. The van der Waals surface area contributed by atoms with Gasteiger partial charge >= 0.3 is 5.97 Å². The summed E-state index contributed by atoms with van der Waals surface area (Å²) < 4.78 is 6.84. The molecule has 2 aromatic carbocycles. The van der Waals surface area contributed by atoms with Gasteiger partial charge in [0.1, 0.15) is 17.3 Å². The van der Waals surface area contributed by atoms with Crippen LogP contribution in [0.2, 0.25) is 5.15 Å². The number of carbonyl (C=O) groups excluding carboxylic acids is 1. The average molecular weight is 386 g/mol. The fourth-order valence-corrected chi connectivity index (χ4v) is 3.04. The highest BCUT2D eigenvalue weighted by Gasteiger charge is 2.24. The molecule has 27 heavy (non-hydrogen) atoms. The zero-order valence-electron chi connectivity index (χ0n) is 14.7. The highest BCUT2D eigenvalue weighted by atomic mass is 35.5. The van der Waals surface area contributed by atoms with E-state index in [2.05, 4.69) is 5.10 Å². The molecule has 0 N–H and O–H groups in total. The van der Waals surface area contributed by atoms with Crippen molar-refractivity contribution in [1.82, 2.24) is 9.78 Å². The second kappa shape index (κ2) is 7.59. The van der Waals surface area contributed by atoms with Crippen LogP contribution in [0, 0.1) is 24.0 Å². The van der Waals surface area contributed by atoms with Gasteiger partial charge in [-0.25, -0.2) is 9.48 Å². The van der Waals surface area contributed by atoms with E-state index in [0.717, 1.165) is 5.69 Å². The van der Waals surface area contributed by atoms with Crippen LogP contribution in [-0.2, 0) is 11.3 Å². The SMILES string of the molecule is Cc1cccc(C(=O)OCc2c(C)nn(-c3ccccc3)c2Cl)c1[N+](=O)[O-]. The fourth-order valence-electron chi connectivity index (χ4n) is 2.72. The van der Waals surface area contributed by atoms with Crippen LogP contribution in [0.25, 0.3) is 5.69 Å². The normalized spacial score (nSPS) is 10.6. The third-order valence-electron chi connectivity index (χ3n) is 4.11. The maximum absolute atomic E-state index is 12.4. The first kappa shape index (κ1) is 18.6. The maximum Gasteiger partial charge on any atom is 0.345 e. The first-order valence-corrected chi connectivity index (χ1v) is 8.48. The van der Waals surface area contributed by atoms with Crippen LogP contribution in [0.5, 0.6) is 0 Å². The number of aryl methyl sites for hydroxylation is 2. The summed E-state index contributed by atoms with van der Waals surface area (Å²) in [5.41, 5.74) is 1.96. The minimum absolute atomic E-state index is 0.0933. The van der Waals surface area contributed by atoms with Crippen LogP contribution in [0.3, 0.4) is 0 Å². The number of hydrogen-bond donors (Lipinski definition) is 0. The summed E-state index contributed by atoms with van der Waals surface area (Å²) in [6.45, 7) is 3.19. The molecule has 0 bridgehead atoms. The lowest BCUT2D eigenvalue weighted by molar-refractivity contribution is -0.385. The Morgan fingerprint density at radius 3 is 2.56 bits per heavy atom. The number of nitro benzene ring substituents is 1. The van der Waals surface area contributed by atoms with Gasteiger partial charge < -0.3 is 4.74 Å². The molecule has 0 spiro atoms. The molecule has 138 valence electrons. The Bertz CT molecular complexity index is 1020. The number of nitro groups is 1. The first-order valence-electron chi connectivity index (χ1n) is 8.10.